The molecule has 0 bridgehead atoms. The first-order valence-corrected chi connectivity index (χ1v) is 8.14. The number of hydrogen-bond donors (Lipinski definition) is 2. The van der Waals surface area contributed by atoms with Gasteiger partial charge in [-0.25, -0.2) is 8.78 Å². The molecule has 2 amide bonds. The summed E-state index contributed by atoms with van der Waals surface area (Å²) in [5.74, 6) is -3.68. The molecule has 0 aliphatic carbocycles. The molecule has 2 rings (SSSR count). The molecule has 1 atom stereocenters. The molecule has 0 saturated heterocycles. The third kappa shape index (κ3) is 5.75. The van der Waals surface area contributed by atoms with Crippen molar-refractivity contribution in [1.82, 2.24) is 5.32 Å². The summed E-state index contributed by atoms with van der Waals surface area (Å²) >= 11 is 5.80. The maximum atomic E-state index is 13.5. The molecule has 2 aromatic carbocycles. The minimum Gasteiger partial charge on any atom is -0.451 e. The Hall–Kier alpha value is -3.00. The van der Waals surface area contributed by atoms with Gasteiger partial charge in [0.05, 0.1) is 16.3 Å². The highest BCUT2D eigenvalue weighted by molar-refractivity contribution is 6.33. The number of halogens is 3. The fraction of sp³-hybridized carbons (Fsp3) is 0.167. The van der Waals surface area contributed by atoms with Crippen molar-refractivity contribution in [3.05, 3.63) is 64.7 Å². The fourth-order valence-electron chi connectivity index (χ4n) is 2.01. The SMILES string of the molecule is C[C@@H](OC(=O)CNC(=O)c1ccccc1F)C(=O)Nc1ccc(F)cc1Cl. The maximum absolute atomic E-state index is 13.5. The largest absolute Gasteiger partial charge is 0.451 e. The van der Waals surface area contributed by atoms with E-state index in [1.807, 2.05) is 0 Å². The Morgan fingerprint density at radius 3 is 2.52 bits per heavy atom. The van der Waals surface area contributed by atoms with Crippen molar-refractivity contribution in [3.63, 3.8) is 0 Å². The van der Waals surface area contributed by atoms with E-state index in [1.54, 1.807) is 0 Å². The molecule has 0 aliphatic rings. The van der Waals surface area contributed by atoms with Crippen molar-refractivity contribution >= 4 is 35.1 Å². The second kappa shape index (κ2) is 9.09. The molecule has 0 heterocycles. The zero-order valence-corrected chi connectivity index (χ0v) is 14.8. The van der Waals surface area contributed by atoms with Crippen LogP contribution in [0.5, 0.6) is 0 Å². The molecule has 9 heteroatoms. The number of amides is 2. The number of hydrogen-bond acceptors (Lipinski definition) is 4. The molecule has 0 saturated carbocycles. The van der Waals surface area contributed by atoms with Crippen LogP contribution in [0.25, 0.3) is 0 Å². The van der Waals surface area contributed by atoms with Crippen molar-refractivity contribution in [1.29, 1.82) is 0 Å². The number of ether oxygens (including phenoxy) is 1. The Kier molecular flexibility index (Phi) is 6.84. The average Bonchev–Trinajstić information content (AvgIpc) is 2.62. The normalized spacial score (nSPS) is 11.4. The number of nitrogens with one attached hydrogen (secondary N) is 2. The molecule has 0 fully saturated rings. The van der Waals surface area contributed by atoms with Crippen LogP contribution >= 0.6 is 11.6 Å². The summed E-state index contributed by atoms with van der Waals surface area (Å²) in [6, 6.07) is 8.66. The van der Waals surface area contributed by atoms with Crippen LogP contribution in [0.3, 0.4) is 0 Å². The van der Waals surface area contributed by atoms with Crippen LogP contribution in [0.4, 0.5) is 14.5 Å². The summed E-state index contributed by atoms with van der Waals surface area (Å²) in [6.45, 7) is 0.755. The van der Waals surface area contributed by atoms with Gasteiger partial charge >= 0.3 is 5.97 Å². The fourth-order valence-corrected chi connectivity index (χ4v) is 2.23. The van der Waals surface area contributed by atoms with Crippen LogP contribution in [0.15, 0.2) is 42.5 Å². The zero-order chi connectivity index (χ0) is 20.0. The van der Waals surface area contributed by atoms with Gasteiger partial charge in [-0.1, -0.05) is 23.7 Å². The van der Waals surface area contributed by atoms with E-state index in [1.165, 1.54) is 31.2 Å². The van der Waals surface area contributed by atoms with Crippen LogP contribution in [0.2, 0.25) is 5.02 Å². The Bertz CT molecular complexity index is 876. The Morgan fingerprint density at radius 1 is 1.15 bits per heavy atom. The minimum absolute atomic E-state index is 0.0148. The van der Waals surface area contributed by atoms with Gasteiger partial charge in [-0.2, -0.15) is 0 Å². The predicted octanol–water partition coefficient (Wildman–Crippen LogP) is 2.92. The predicted molar refractivity (Wildman–Crippen MR) is 94.3 cm³/mol. The summed E-state index contributed by atoms with van der Waals surface area (Å²) in [6.07, 6.45) is -1.20. The van der Waals surface area contributed by atoms with Gasteiger partial charge in [0.1, 0.15) is 18.2 Å². The van der Waals surface area contributed by atoms with E-state index in [-0.39, 0.29) is 16.3 Å². The van der Waals surface area contributed by atoms with Gasteiger partial charge in [0, 0.05) is 0 Å². The molecule has 27 heavy (non-hydrogen) atoms. The number of rotatable bonds is 6. The monoisotopic (exact) mass is 396 g/mol. The number of anilines is 1. The molecule has 0 unspecified atom stereocenters. The van der Waals surface area contributed by atoms with Crippen LogP contribution < -0.4 is 10.6 Å². The van der Waals surface area contributed by atoms with Crippen LogP contribution in [-0.4, -0.2) is 30.4 Å². The Morgan fingerprint density at radius 2 is 1.85 bits per heavy atom. The lowest BCUT2D eigenvalue weighted by Crippen LogP contribution is -2.36. The average molecular weight is 397 g/mol. The van der Waals surface area contributed by atoms with Crippen molar-refractivity contribution in [2.45, 2.75) is 13.0 Å². The summed E-state index contributed by atoms with van der Waals surface area (Å²) in [7, 11) is 0. The molecule has 6 nitrogen and oxygen atoms in total. The highest BCUT2D eigenvalue weighted by Gasteiger charge is 2.20. The quantitative estimate of drug-likeness (QED) is 0.735. The Labute approximate surface area is 158 Å². The first-order chi connectivity index (χ1) is 12.8. The number of carbonyl (C=O) groups is 3. The van der Waals surface area contributed by atoms with E-state index >= 15 is 0 Å². The molecule has 0 aromatic heterocycles. The van der Waals surface area contributed by atoms with Gasteiger partial charge in [-0.15, -0.1) is 0 Å². The van der Waals surface area contributed by atoms with Gasteiger partial charge in [-0.3, -0.25) is 14.4 Å². The third-order valence-corrected chi connectivity index (χ3v) is 3.69. The van der Waals surface area contributed by atoms with Crippen molar-refractivity contribution in [2.75, 3.05) is 11.9 Å². The number of carbonyl (C=O) groups excluding carboxylic acids is 3. The van der Waals surface area contributed by atoms with E-state index in [0.717, 1.165) is 18.2 Å². The van der Waals surface area contributed by atoms with Gasteiger partial charge in [-0.05, 0) is 37.3 Å². The van der Waals surface area contributed by atoms with Crippen molar-refractivity contribution < 1.29 is 27.9 Å². The summed E-state index contributed by atoms with van der Waals surface area (Å²) in [5, 5.41) is 4.58. The van der Waals surface area contributed by atoms with E-state index in [0.29, 0.717) is 0 Å². The first-order valence-electron chi connectivity index (χ1n) is 7.76. The molecule has 0 spiro atoms. The van der Waals surface area contributed by atoms with Gasteiger partial charge in [0.25, 0.3) is 11.8 Å². The molecule has 2 N–H and O–H groups in total. The van der Waals surface area contributed by atoms with E-state index in [4.69, 9.17) is 16.3 Å². The second-order valence-electron chi connectivity index (χ2n) is 5.41. The third-order valence-electron chi connectivity index (χ3n) is 3.38. The van der Waals surface area contributed by atoms with Crippen LogP contribution in [0, 0.1) is 11.6 Å². The summed E-state index contributed by atoms with van der Waals surface area (Å²) in [4.78, 5) is 35.6. The molecular weight excluding hydrogens is 382 g/mol. The van der Waals surface area contributed by atoms with Crippen LogP contribution in [-0.2, 0) is 14.3 Å². The summed E-state index contributed by atoms with van der Waals surface area (Å²) in [5.41, 5.74) is -0.0686. The lowest BCUT2D eigenvalue weighted by atomic mass is 10.2. The van der Waals surface area contributed by atoms with E-state index in [9.17, 15) is 23.2 Å². The van der Waals surface area contributed by atoms with Crippen molar-refractivity contribution in [2.24, 2.45) is 0 Å². The van der Waals surface area contributed by atoms with Gasteiger partial charge < -0.3 is 15.4 Å². The molecular formula is C18H15ClF2N2O4. The number of benzene rings is 2. The second-order valence-corrected chi connectivity index (χ2v) is 5.82. The van der Waals surface area contributed by atoms with E-state index < -0.39 is 42.1 Å². The standard InChI is InChI=1S/C18H15ClF2N2O4/c1-10(17(25)23-15-7-6-11(20)8-13(15)19)27-16(24)9-22-18(26)12-4-2-3-5-14(12)21/h2-8,10H,9H2,1H3,(H,22,26)(H,23,25)/t10-/m1/s1. The zero-order valence-electron chi connectivity index (χ0n) is 14.1. The number of esters is 1. The highest BCUT2D eigenvalue weighted by Crippen LogP contribution is 2.22. The maximum Gasteiger partial charge on any atom is 0.326 e. The topological polar surface area (TPSA) is 84.5 Å². The molecule has 142 valence electrons. The van der Waals surface area contributed by atoms with Crippen LogP contribution in [0.1, 0.15) is 17.3 Å². The molecule has 0 radical (unpaired) electrons. The van der Waals surface area contributed by atoms with Crippen molar-refractivity contribution in [3.8, 4) is 0 Å². The van der Waals surface area contributed by atoms with E-state index in [2.05, 4.69) is 10.6 Å². The molecule has 2 aromatic rings. The van der Waals surface area contributed by atoms with Gasteiger partial charge in [0.2, 0.25) is 0 Å². The lowest BCUT2D eigenvalue weighted by Gasteiger charge is -2.14. The summed E-state index contributed by atoms with van der Waals surface area (Å²) < 4.78 is 31.4. The lowest BCUT2D eigenvalue weighted by molar-refractivity contribution is -0.152. The minimum atomic E-state index is -1.20. The Balaban J connectivity index is 1.85. The highest BCUT2D eigenvalue weighted by atomic mass is 35.5. The van der Waals surface area contributed by atoms with Gasteiger partial charge in [0.15, 0.2) is 6.10 Å². The smallest absolute Gasteiger partial charge is 0.326 e. The first kappa shape index (κ1) is 20.3. The molecule has 0 aliphatic heterocycles.